The fourth-order valence-electron chi connectivity index (χ4n) is 3.30. The smallest absolute Gasteiger partial charge is 0.271 e. The predicted molar refractivity (Wildman–Crippen MR) is 134 cm³/mol. The largest absolute Gasteiger partial charge is 0.372 e. The lowest BCUT2D eigenvalue weighted by atomic mass is 10.2. The van der Waals surface area contributed by atoms with Gasteiger partial charge in [0.2, 0.25) is 0 Å². The third-order valence-corrected chi connectivity index (χ3v) is 7.10. The third-order valence-electron chi connectivity index (χ3n) is 5.30. The first-order valence-corrected chi connectivity index (χ1v) is 12.1. The van der Waals surface area contributed by atoms with Crippen LogP contribution in [0.25, 0.3) is 0 Å². The number of hydrazone groups is 1. The van der Waals surface area contributed by atoms with E-state index in [4.69, 9.17) is 0 Å². The average Bonchev–Trinajstić information content (AvgIpc) is 2.85. The molecule has 0 heterocycles. The Morgan fingerprint density at radius 3 is 2.03 bits per heavy atom. The summed E-state index contributed by atoms with van der Waals surface area (Å²) in [6.45, 7) is 6.10. The third kappa shape index (κ3) is 5.78. The Bertz CT molecular complexity index is 1190. The Balaban J connectivity index is 1.62. The van der Waals surface area contributed by atoms with E-state index in [-0.39, 0.29) is 10.8 Å². The Morgan fingerprint density at radius 1 is 0.879 bits per heavy atom. The lowest BCUT2D eigenvalue weighted by Crippen LogP contribution is -2.26. The molecule has 7 nitrogen and oxygen atoms in total. The SMILES string of the molecule is CCN(CC)c1ccc(/C=N/NC(=O)c2ccc(N(C)S(=O)(=O)c3ccccc3)cc2)cc1. The van der Waals surface area contributed by atoms with Gasteiger partial charge in [0, 0.05) is 31.4 Å². The van der Waals surface area contributed by atoms with Crippen LogP contribution in [0.2, 0.25) is 0 Å². The van der Waals surface area contributed by atoms with Crippen LogP contribution < -0.4 is 14.6 Å². The van der Waals surface area contributed by atoms with Crippen molar-refractivity contribution in [1.82, 2.24) is 5.43 Å². The highest BCUT2D eigenvalue weighted by molar-refractivity contribution is 7.92. The van der Waals surface area contributed by atoms with Gasteiger partial charge >= 0.3 is 0 Å². The maximum Gasteiger partial charge on any atom is 0.271 e. The highest BCUT2D eigenvalue weighted by Crippen LogP contribution is 2.22. The van der Waals surface area contributed by atoms with E-state index in [1.807, 2.05) is 24.3 Å². The van der Waals surface area contributed by atoms with E-state index in [0.29, 0.717) is 11.3 Å². The maximum absolute atomic E-state index is 12.7. The number of hydrogen-bond acceptors (Lipinski definition) is 5. The summed E-state index contributed by atoms with van der Waals surface area (Å²) in [5.74, 6) is -0.383. The molecule has 0 aromatic heterocycles. The molecule has 172 valence electrons. The molecule has 0 aliphatic heterocycles. The zero-order valence-corrected chi connectivity index (χ0v) is 19.8. The van der Waals surface area contributed by atoms with E-state index in [0.717, 1.165) is 24.3 Å². The molecule has 1 N–H and O–H groups in total. The standard InChI is InChI=1S/C25H28N4O3S/c1-4-29(5-2)23-15-11-20(12-16-23)19-26-27-25(30)21-13-17-22(18-14-21)28(3)33(31,32)24-9-7-6-8-10-24/h6-19H,4-5H2,1-3H3,(H,27,30)/b26-19+. The second-order valence-corrected chi connectivity index (χ2v) is 9.26. The van der Waals surface area contributed by atoms with Gasteiger partial charge in [0.1, 0.15) is 0 Å². The van der Waals surface area contributed by atoms with Crippen LogP contribution in [0.15, 0.2) is 88.9 Å². The quantitative estimate of drug-likeness (QED) is 0.381. The molecular weight excluding hydrogens is 436 g/mol. The number of rotatable bonds is 9. The van der Waals surface area contributed by atoms with E-state index in [2.05, 4.69) is 29.3 Å². The van der Waals surface area contributed by atoms with Crippen LogP contribution in [0.4, 0.5) is 11.4 Å². The number of anilines is 2. The molecule has 0 fully saturated rings. The topological polar surface area (TPSA) is 82.1 Å². The van der Waals surface area contributed by atoms with Crippen molar-refractivity contribution >= 4 is 33.5 Å². The number of carbonyl (C=O) groups excluding carboxylic acids is 1. The van der Waals surface area contributed by atoms with Crippen LogP contribution in [0.1, 0.15) is 29.8 Å². The summed E-state index contributed by atoms with van der Waals surface area (Å²) in [7, 11) is -2.20. The normalized spacial score (nSPS) is 11.4. The van der Waals surface area contributed by atoms with Gasteiger partial charge in [-0.2, -0.15) is 5.10 Å². The lowest BCUT2D eigenvalue weighted by molar-refractivity contribution is 0.0955. The van der Waals surface area contributed by atoms with E-state index in [9.17, 15) is 13.2 Å². The van der Waals surface area contributed by atoms with Crippen LogP contribution in [0.3, 0.4) is 0 Å². The van der Waals surface area contributed by atoms with Gasteiger partial charge in [-0.15, -0.1) is 0 Å². The number of amides is 1. The van der Waals surface area contributed by atoms with Crippen molar-refractivity contribution in [2.45, 2.75) is 18.7 Å². The van der Waals surface area contributed by atoms with Gasteiger partial charge in [-0.1, -0.05) is 30.3 Å². The molecule has 0 bridgehead atoms. The number of hydrogen-bond donors (Lipinski definition) is 1. The van der Waals surface area contributed by atoms with Crippen molar-refractivity contribution in [3.63, 3.8) is 0 Å². The molecule has 3 aromatic carbocycles. The monoisotopic (exact) mass is 464 g/mol. The minimum atomic E-state index is -3.68. The van der Waals surface area contributed by atoms with Gasteiger partial charge < -0.3 is 4.90 Å². The summed E-state index contributed by atoms with van der Waals surface area (Å²) in [5, 5.41) is 4.02. The van der Waals surface area contributed by atoms with Gasteiger partial charge in [0.15, 0.2) is 0 Å². The summed E-state index contributed by atoms with van der Waals surface area (Å²) in [5.41, 5.74) is 5.33. The zero-order valence-electron chi connectivity index (χ0n) is 19.0. The molecule has 0 saturated carbocycles. The first-order valence-electron chi connectivity index (χ1n) is 10.7. The Hall–Kier alpha value is -3.65. The van der Waals surface area contributed by atoms with Crippen molar-refractivity contribution in [3.05, 3.63) is 90.0 Å². The molecule has 3 rings (SSSR count). The van der Waals surface area contributed by atoms with Crippen LogP contribution in [-0.2, 0) is 10.0 Å². The molecule has 0 unspecified atom stereocenters. The molecule has 0 atom stereocenters. The number of sulfonamides is 1. The molecule has 0 radical (unpaired) electrons. The van der Waals surface area contributed by atoms with E-state index in [1.54, 1.807) is 60.8 Å². The minimum absolute atomic E-state index is 0.203. The molecule has 0 aliphatic rings. The summed E-state index contributed by atoms with van der Waals surface area (Å²) in [6, 6.07) is 22.4. The van der Waals surface area contributed by atoms with Crippen molar-refractivity contribution < 1.29 is 13.2 Å². The second-order valence-electron chi connectivity index (χ2n) is 7.30. The molecule has 8 heteroatoms. The van der Waals surface area contributed by atoms with Gasteiger partial charge in [-0.3, -0.25) is 9.10 Å². The number of benzene rings is 3. The van der Waals surface area contributed by atoms with Gasteiger partial charge in [0.05, 0.1) is 16.8 Å². The van der Waals surface area contributed by atoms with Crippen LogP contribution in [-0.4, -0.2) is 40.7 Å². The lowest BCUT2D eigenvalue weighted by Gasteiger charge is -2.20. The Morgan fingerprint density at radius 2 is 1.45 bits per heavy atom. The number of carbonyl (C=O) groups is 1. The van der Waals surface area contributed by atoms with E-state index >= 15 is 0 Å². The Kier molecular flexibility index (Phi) is 7.84. The van der Waals surface area contributed by atoms with Gasteiger partial charge in [-0.05, 0) is 67.9 Å². The summed E-state index contributed by atoms with van der Waals surface area (Å²) in [4.78, 5) is 14.8. The molecule has 1 amide bonds. The van der Waals surface area contributed by atoms with Crippen molar-refractivity contribution in [2.24, 2.45) is 5.10 Å². The van der Waals surface area contributed by atoms with E-state index in [1.165, 1.54) is 11.4 Å². The van der Waals surface area contributed by atoms with Crippen molar-refractivity contribution in [2.75, 3.05) is 29.3 Å². The second kappa shape index (κ2) is 10.8. The molecular formula is C25H28N4O3S. The summed E-state index contributed by atoms with van der Waals surface area (Å²) >= 11 is 0. The molecule has 0 spiro atoms. The zero-order chi connectivity index (χ0) is 23.8. The first kappa shape index (κ1) is 24.0. The van der Waals surface area contributed by atoms with Crippen LogP contribution in [0, 0.1) is 0 Å². The Labute approximate surface area is 195 Å². The van der Waals surface area contributed by atoms with Crippen LogP contribution >= 0.6 is 0 Å². The molecule has 0 saturated heterocycles. The van der Waals surface area contributed by atoms with Crippen molar-refractivity contribution in [1.29, 1.82) is 0 Å². The minimum Gasteiger partial charge on any atom is -0.372 e. The number of nitrogens with zero attached hydrogens (tertiary/aromatic N) is 3. The highest BCUT2D eigenvalue weighted by Gasteiger charge is 2.21. The first-order chi connectivity index (χ1) is 15.9. The predicted octanol–water partition coefficient (Wildman–Crippen LogP) is 4.12. The van der Waals surface area contributed by atoms with Crippen LogP contribution in [0.5, 0.6) is 0 Å². The van der Waals surface area contributed by atoms with E-state index < -0.39 is 10.0 Å². The number of nitrogens with one attached hydrogen (secondary N) is 1. The van der Waals surface area contributed by atoms with Gasteiger partial charge in [-0.25, -0.2) is 13.8 Å². The summed E-state index contributed by atoms with van der Waals surface area (Å²) < 4.78 is 26.7. The molecule has 33 heavy (non-hydrogen) atoms. The maximum atomic E-state index is 12.7. The van der Waals surface area contributed by atoms with Crippen molar-refractivity contribution in [3.8, 4) is 0 Å². The highest BCUT2D eigenvalue weighted by atomic mass is 32.2. The molecule has 3 aromatic rings. The molecule has 0 aliphatic carbocycles. The fraction of sp³-hybridized carbons (Fsp3) is 0.200. The summed E-state index contributed by atoms with van der Waals surface area (Å²) in [6.07, 6.45) is 1.58. The average molecular weight is 465 g/mol. The fourth-order valence-corrected chi connectivity index (χ4v) is 4.52. The van der Waals surface area contributed by atoms with Gasteiger partial charge in [0.25, 0.3) is 15.9 Å².